The molecule has 1 spiro atoms. The SMILES string of the molecule is Cc1cccc(C(=O)N2CCC3(CCNC3)CC2)c1NC(=O)c1ccncc1. The average molecular weight is 378 g/mol. The third-order valence-electron chi connectivity index (χ3n) is 6.13. The van der Waals surface area contributed by atoms with Gasteiger partial charge in [-0.1, -0.05) is 12.1 Å². The molecule has 2 N–H and O–H groups in total. The second-order valence-electron chi connectivity index (χ2n) is 7.91. The second-order valence-corrected chi connectivity index (χ2v) is 7.91. The van der Waals surface area contributed by atoms with Crippen LogP contribution in [0.2, 0.25) is 0 Å². The number of benzene rings is 1. The summed E-state index contributed by atoms with van der Waals surface area (Å²) in [5.41, 5.74) is 2.91. The Morgan fingerprint density at radius 1 is 1.11 bits per heavy atom. The molecule has 0 atom stereocenters. The molecule has 0 saturated carbocycles. The molecule has 6 heteroatoms. The number of pyridine rings is 1. The molecule has 2 fully saturated rings. The lowest BCUT2D eigenvalue weighted by Crippen LogP contribution is -2.44. The van der Waals surface area contributed by atoms with Gasteiger partial charge in [-0.25, -0.2) is 0 Å². The Hall–Kier alpha value is -2.73. The zero-order valence-corrected chi connectivity index (χ0v) is 16.2. The summed E-state index contributed by atoms with van der Waals surface area (Å²) in [6.45, 7) is 5.59. The predicted octanol–water partition coefficient (Wildman–Crippen LogP) is 2.86. The number of nitrogens with one attached hydrogen (secondary N) is 2. The Kier molecular flexibility index (Phi) is 5.13. The summed E-state index contributed by atoms with van der Waals surface area (Å²) in [6.07, 6.45) is 6.44. The summed E-state index contributed by atoms with van der Waals surface area (Å²) in [5, 5.41) is 6.40. The first-order valence-corrected chi connectivity index (χ1v) is 9.89. The number of rotatable bonds is 3. The number of likely N-dealkylation sites (tertiary alicyclic amines) is 1. The molecule has 6 nitrogen and oxygen atoms in total. The summed E-state index contributed by atoms with van der Waals surface area (Å²) < 4.78 is 0. The first kappa shape index (κ1) is 18.6. The summed E-state index contributed by atoms with van der Waals surface area (Å²) in [6, 6.07) is 8.91. The molecule has 1 aromatic carbocycles. The summed E-state index contributed by atoms with van der Waals surface area (Å²) in [7, 11) is 0. The summed E-state index contributed by atoms with van der Waals surface area (Å²) in [4.78, 5) is 31.7. The van der Waals surface area contributed by atoms with E-state index in [1.165, 1.54) is 6.42 Å². The Morgan fingerprint density at radius 2 is 1.86 bits per heavy atom. The van der Waals surface area contributed by atoms with E-state index in [9.17, 15) is 9.59 Å². The first-order chi connectivity index (χ1) is 13.6. The van der Waals surface area contributed by atoms with Crippen LogP contribution in [-0.2, 0) is 0 Å². The van der Waals surface area contributed by atoms with Crippen LogP contribution in [0.3, 0.4) is 0 Å². The van der Waals surface area contributed by atoms with Crippen molar-refractivity contribution in [1.82, 2.24) is 15.2 Å². The predicted molar refractivity (Wildman–Crippen MR) is 108 cm³/mol. The number of para-hydroxylation sites is 1. The minimum atomic E-state index is -0.236. The lowest BCUT2D eigenvalue weighted by molar-refractivity contribution is 0.0608. The van der Waals surface area contributed by atoms with Gasteiger partial charge in [-0.05, 0) is 61.9 Å². The van der Waals surface area contributed by atoms with Gasteiger partial charge in [0, 0.05) is 37.6 Å². The van der Waals surface area contributed by atoms with E-state index in [2.05, 4.69) is 15.6 Å². The van der Waals surface area contributed by atoms with Crippen molar-refractivity contribution in [3.05, 3.63) is 59.4 Å². The fraction of sp³-hybridized carbons (Fsp3) is 0.409. The number of nitrogens with zero attached hydrogens (tertiary/aromatic N) is 2. The number of hydrogen-bond acceptors (Lipinski definition) is 4. The highest BCUT2D eigenvalue weighted by Gasteiger charge is 2.38. The smallest absolute Gasteiger partial charge is 0.255 e. The van der Waals surface area contributed by atoms with Gasteiger partial charge in [-0.3, -0.25) is 14.6 Å². The van der Waals surface area contributed by atoms with Gasteiger partial charge in [0.1, 0.15) is 0 Å². The van der Waals surface area contributed by atoms with E-state index in [0.717, 1.165) is 44.6 Å². The number of aryl methyl sites for hydroxylation is 1. The molecule has 2 aromatic rings. The highest BCUT2D eigenvalue weighted by atomic mass is 16.2. The maximum atomic E-state index is 13.2. The van der Waals surface area contributed by atoms with Crippen molar-refractivity contribution >= 4 is 17.5 Å². The molecule has 0 radical (unpaired) electrons. The van der Waals surface area contributed by atoms with E-state index < -0.39 is 0 Å². The van der Waals surface area contributed by atoms with E-state index >= 15 is 0 Å². The standard InChI is InChI=1S/C22H26N4O2/c1-16-3-2-4-18(19(16)25-20(27)17-5-10-23-11-6-17)21(28)26-13-8-22(9-14-26)7-12-24-15-22/h2-6,10-11,24H,7-9,12-15H2,1H3,(H,25,27). The molecular weight excluding hydrogens is 352 g/mol. The lowest BCUT2D eigenvalue weighted by atomic mass is 9.77. The van der Waals surface area contributed by atoms with E-state index in [-0.39, 0.29) is 11.8 Å². The van der Waals surface area contributed by atoms with Crippen molar-refractivity contribution in [3.8, 4) is 0 Å². The van der Waals surface area contributed by atoms with Gasteiger partial charge in [0.25, 0.3) is 11.8 Å². The molecule has 2 saturated heterocycles. The van der Waals surface area contributed by atoms with Crippen LogP contribution in [0.5, 0.6) is 0 Å². The molecule has 4 rings (SSSR count). The molecule has 0 aliphatic carbocycles. The number of amides is 2. The number of anilines is 1. The van der Waals surface area contributed by atoms with Crippen LogP contribution in [0.4, 0.5) is 5.69 Å². The van der Waals surface area contributed by atoms with Crippen molar-refractivity contribution in [2.45, 2.75) is 26.2 Å². The third-order valence-corrected chi connectivity index (χ3v) is 6.13. The van der Waals surface area contributed by atoms with Gasteiger partial charge in [-0.15, -0.1) is 0 Å². The van der Waals surface area contributed by atoms with Gasteiger partial charge in [0.2, 0.25) is 0 Å². The van der Waals surface area contributed by atoms with Crippen LogP contribution in [0.15, 0.2) is 42.7 Å². The Labute approximate surface area is 165 Å². The fourth-order valence-corrected chi connectivity index (χ4v) is 4.28. The number of hydrogen-bond donors (Lipinski definition) is 2. The van der Waals surface area contributed by atoms with Crippen molar-refractivity contribution in [2.75, 3.05) is 31.5 Å². The molecule has 3 heterocycles. The maximum absolute atomic E-state index is 13.2. The number of aromatic nitrogens is 1. The van der Waals surface area contributed by atoms with Crippen molar-refractivity contribution in [3.63, 3.8) is 0 Å². The van der Waals surface area contributed by atoms with Crippen LogP contribution in [0.1, 0.15) is 45.5 Å². The Morgan fingerprint density at radius 3 is 2.54 bits per heavy atom. The molecule has 146 valence electrons. The van der Waals surface area contributed by atoms with Gasteiger partial charge in [0.15, 0.2) is 0 Å². The Bertz CT molecular complexity index is 865. The van der Waals surface area contributed by atoms with Crippen LogP contribution in [-0.4, -0.2) is 47.9 Å². The third kappa shape index (κ3) is 3.64. The monoisotopic (exact) mass is 378 g/mol. The van der Waals surface area contributed by atoms with E-state index in [1.54, 1.807) is 30.6 Å². The van der Waals surface area contributed by atoms with Crippen LogP contribution < -0.4 is 10.6 Å². The maximum Gasteiger partial charge on any atom is 0.255 e. The average Bonchev–Trinajstić information content (AvgIpc) is 3.18. The molecule has 2 amide bonds. The normalized spacial score (nSPS) is 18.2. The molecule has 28 heavy (non-hydrogen) atoms. The summed E-state index contributed by atoms with van der Waals surface area (Å²) in [5.74, 6) is -0.241. The van der Waals surface area contributed by atoms with E-state index in [4.69, 9.17) is 0 Å². The molecule has 2 aliphatic rings. The van der Waals surface area contributed by atoms with Gasteiger partial charge in [-0.2, -0.15) is 0 Å². The number of carbonyl (C=O) groups excluding carboxylic acids is 2. The van der Waals surface area contributed by atoms with Crippen molar-refractivity contribution in [1.29, 1.82) is 0 Å². The van der Waals surface area contributed by atoms with E-state index in [0.29, 0.717) is 22.2 Å². The van der Waals surface area contributed by atoms with Gasteiger partial charge >= 0.3 is 0 Å². The second kappa shape index (κ2) is 7.72. The number of carbonyl (C=O) groups is 2. The van der Waals surface area contributed by atoms with Crippen LogP contribution in [0.25, 0.3) is 0 Å². The van der Waals surface area contributed by atoms with Crippen LogP contribution >= 0.6 is 0 Å². The zero-order chi connectivity index (χ0) is 19.6. The largest absolute Gasteiger partial charge is 0.339 e. The molecule has 1 aromatic heterocycles. The lowest BCUT2D eigenvalue weighted by Gasteiger charge is -2.39. The zero-order valence-electron chi connectivity index (χ0n) is 16.2. The molecule has 0 unspecified atom stereocenters. The van der Waals surface area contributed by atoms with Crippen molar-refractivity contribution in [2.24, 2.45) is 5.41 Å². The van der Waals surface area contributed by atoms with Crippen LogP contribution in [0, 0.1) is 12.3 Å². The van der Waals surface area contributed by atoms with E-state index in [1.807, 2.05) is 24.0 Å². The summed E-state index contributed by atoms with van der Waals surface area (Å²) >= 11 is 0. The Balaban J connectivity index is 1.52. The molecular formula is C22H26N4O2. The minimum absolute atomic E-state index is 0.00506. The molecule has 0 bridgehead atoms. The first-order valence-electron chi connectivity index (χ1n) is 9.89. The highest BCUT2D eigenvalue weighted by molar-refractivity contribution is 6.09. The van der Waals surface area contributed by atoms with Gasteiger partial charge < -0.3 is 15.5 Å². The van der Waals surface area contributed by atoms with Crippen molar-refractivity contribution < 1.29 is 9.59 Å². The molecule has 2 aliphatic heterocycles. The van der Waals surface area contributed by atoms with Gasteiger partial charge in [0.05, 0.1) is 11.3 Å². The minimum Gasteiger partial charge on any atom is -0.339 e. The fourth-order valence-electron chi connectivity index (χ4n) is 4.28. The quantitative estimate of drug-likeness (QED) is 0.861. The number of piperidine rings is 1. The topological polar surface area (TPSA) is 74.3 Å². The highest BCUT2D eigenvalue weighted by Crippen LogP contribution is 2.37.